The molecule has 0 radical (unpaired) electrons. The summed E-state index contributed by atoms with van der Waals surface area (Å²) in [6.45, 7) is 13.5. The number of urea groups is 1. The molecule has 0 bridgehead atoms. The molecule has 0 heterocycles. The van der Waals surface area contributed by atoms with Crippen LogP contribution in [0.2, 0.25) is 0 Å². The zero-order valence-corrected chi connectivity index (χ0v) is 76.1. The third-order valence-corrected chi connectivity index (χ3v) is 21.6. The Bertz CT molecular complexity index is 1820. The normalized spacial score (nSPS) is 13.8. The third kappa shape index (κ3) is 82.3. The van der Waals surface area contributed by atoms with Crippen molar-refractivity contribution in [3.63, 3.8) is 0 Å². The molecule has 620 valence electrons. The molecule has 0 aliphatic rings. The zero-order valence-electron chi connectivity index (χ0n) is 70.3. The van der Waals surface area contributed by atoms with E-state index >= 15 is 0 Å². The summed E-state index contributed by atoms with van der Waals surface area (Å²) in [7, 11) is -9.80. The summed E-state index contributed by atoms with van der Waals surface area (Å²) < 4.78 is 72.1. The van der Waals surface area contributed by atoms with Gasteiger partial charge < -0.3 is 68.1 Å². The minimum Gasteiger partial charge on any atom is -0.756 e. The van der Waals surface area contributed by atoms with Crippen molar-refractivity contribution in [1.82, 2.24) is 21.3 Å². The summed E-state index contributed by atoms with van der Waals surface area (Å²) in [4.78, 5) is 65.4. The second kappa shape index (κ2) is 86.1. The first-order valence-electron chi connectivity index (χ1n) is 43.9. The standard InChI is InChI=1S/C83H168N4O15P2.2Na/c1-7-13-19-25-29-33-37-39-43-49-55-61-81(88)86-77(73-95-69-63-79(59-53-47-23-17-11-5)97-67-57-51-45-41-35-31-27-21-15-9-3)75-101-103(91,92)99-71-65-84-83(90)85-66-72-100-104(93,94)102-76-78(87-82(89)62-56-50-44-40-38-34-30-26-20-14-8-2)74-96-70-64-80(60-54-48-24-18-12-6)98-68-58-52-46-42-36-32-28-22-16-10-4;;/h77-80H,7-76H2,1-6H3,(H,86,88)(H,87,89)(H,91,92)(H,93,94)(H2,84,85,90);;/q;2*+1/p-2. The molecule has 0 fully saturated rings. The quantitative estimate of drug-likeness (QED) is 0.0251. The molecule has 0 spiro atoms. The molecule has 6 atom stereocenters. The number of hydrogen-bond acceptors (Lipinski definition) is 15. The molecule has 0 aromatic carbocycles. The molecule has 19 nitrogen and oxygen atoms in total. The number of carbonyl (C=O) groups excluding carboxylic acids is 3. The number of nitrogens with one attached hydrogen (secondary N) is 4. The van der Waals surface area contributed by atoms with Crippen LogP contribution < -0.4 is 90.2 Å². The van der Waals surface area contributed by atoms with Gasteiger partial charge >= 0.3 is 65.1 Å². The maximum absolute atomic E-state index is 13.3. The molecule has 4 N–H and O–H groups in total. The minimum atomic E-state index is -4.90. The van der Waals surface area contributed by atoms with Crippen molar-refractivity contribution in [2.75, 3.05) is 79.2 Å². The smallest absolute Gasteiger partial charge is 0.756 e. The number of hydrogen-bond donors (Lipinski definition) is 4. The molecule has 6 unspecified atom stereocenters. The number of rotatable bonds is 86. The molecular weight excluding hydrogens is 1400 g/mol. The first-order valence-corrected chi connectivity index (χ1v) is 46.9. The van der Waals surface area contributed by atoms with E-state index in [1.54, 1.807) is 0 Å². The topological polar surface area (TPSA) is 253 Å². The van der Waals surface area contributed by atoms with Crippen LogP contribution in [0.15, 0.2) is 0 Å². The molecular formula is C83H166N4Na2O15P2. The van der Waals surface area contributed by atoms with E-state index in [0.29, 0.717) is 38.9 Å². The van der Waals surface area contributed by atoms with E-state index in [9.17, 15) is 33.3 Å². The van der Waals surface area contributed by atoms with Crippen molar-refractivity contribution in [1.29, 1.82) is 0 Å². The van der Waals surface area contributed by atoms with Crippen LogP contribution in [0, 0.1) is 0 Å². The largest absolute Gasteiger partial charge is 1.00 e. The molecule has 0 rings (SSSR count). The Morgan fingerprint density at radius 3 is 0.811 bits per heavy atom. The van der Waals surface area contributed by atoms with Crippen molar-refractivity contribution in [3.8, 4) is 0 Å². The Morgan fingerprint density at radius 2 is 0.538 bits per heavy atom. The Balaban J connectivity index is -0.0000530. The van der Waals surface area contributed by atoms with Gasteiger partial charge in [-0.05, 0) is 51.4 Å². The number of phosphoric ester groups is 2. The van der Waals surface area contributed by atoms with Gasteiger partial charge in [-0.1, -0.05) is 350 Å². The molecule has 4 amide bonds. The predicted molar refractivity (Wildman–Crippen MR) is 427 cm³/mol. The van der Waals surface area contributed by atoms with Gasteiger partial charge in [0.25, 0.3) is 15.6 Å². The van der Waals surface area contributed by atoms with E-state index in [1.165, 1.54) is 231 Å². The second-order valence-electron chi connectivity index (χ2n) is 29.9. The number of phosphoric acid groups is 2. The van der Waals surface area contributed by atoms with Gasteiger partial charge in [-0.3, -0.25) is 18.7 Å². The van der Waals surface area contributed by atoms with Gasteiger partial charge in [0.05, 0.1) is 63.9 Å². The summed E-state index contributed by atoms with van der Waals surface area (Å²) in [5.74, 6) is -0.401. The van der Waals surface area contributed by atoms with Gasteiger partial charge in [0, 0.05) is 52.4 Å². The zero-order chi connectivity index (χ0) is 76.0. The number of unbranched alkanes of at least 4 members (excludes halogenated alkanes) is 46. The Labute approximate surface area is 696 Å². The van der Waals surface area contributed by atoms with Crippen LogP contribution in [-0.2, 0) is 55.8 Å². The fraction of sp³-hybridized carbons (Fsp3) is 0.964. The van der Waals surface area contributed by atoms with Crippen molar-refractivity contribution in [2.45, 2.75) is 438 Å². The Morgan fingerprint density at radius 1 is 0.292 bits per heavy atom. The second-order valence-corrected chi connectivity index (χ2v) is 32.7. The average molecular weight is 1570 g/mol. The van der Waals surface area contributed by atoms with Crippen LogP contribution in [0.25, 0.3) is 0 Å². The van der Waals surface area contributed by atoms with Gasteiger partial charge in [-0.2, -0.15) is 0 Å². The Kier molecular flexibility index (Phi) is 89.7. The number of ether oxygens (including phenoxy) is 4. The first kappa shape index (κ1) is 110. The van der Waals surface area contributed by atoms with Crippen molar-refractivity contribution < 1.29 is 129 Å². The van der Waals surface area contributed by atoms with E-state index in [-0.39, 0.29) is 109 Å². The minimum absolute atomic E-state index is 0. The van der Waals surface area contributed by atoms with Gasteiger partial charge in [0.2, 0.25) is 11.8 Å². The van der Waals surface area contributed by atoms with Gasteiger partial charge in [-0.25, -0.2) is 4.79 Å². The summed E-state index contributed by atoms with van der Waals surface area (Å²) in [5, 5.41) is 10.9. The molecule has 0 saturated carbocycles. The fourth-order valence-electron chi connectivity index (χ4n) is 13.0. The van der Waals surface area contributed by atoms with Gasteiger partial charge in [0.15, 0.2) is 0 Å². The van der Waals surface area contributed by atoms with Crippen molar-refractivity contribution >= 4 is 33.5 Å². The van der Waals surface area contributed by atoms with Crippen LogP contribution in [0.3, 0.4) is 0 Å². The molecule has 0 aliphatic carbocycles. The monoisotopic (exact) mass is 1570 g/mol. The van der Waals surface area contributed by atoms with E-state index in [0.717, 1.165) is 129 Å². The van der Waals surface area contributed by atoms with Crippen LogP contribution in [0.4, 0.5) is 4.79 Å². The molecule has 0 saturated heterocycles. The molecule has 0 aliphatic heterocycles. The van der Waals surface area contributed by atoms with Gasteiger partial charge in [0.1, 0.15) is 0 Å². The number of carbonyl (C=O) groups is 3. The maximum atomic E-state index is 13.3. The summed E-state index contributed by atoms with van der Waals surface area (Å²) in [5.41, 5.74) is 0. The van der Waals surface area contributed by atoms with E-state index in [4.69, 9.17) is 37.0 Å². The summed E-state index contributed by atoms with van der Waals surface area (Å²) >= 11 is 0. The summed E-state index contributed by atoms with van der Waals surface area (Å²) in [6, 6.07) is -2.25. The maximum Gasteiger partial charge on any atom is 1.00 e. The Hall–Kier alpha value is 0.270. The molecule has 0 aromatic rings. The van der Waals surface area contributed by atoms with Crippen LogP contribution in [0.5, 0.6) is 0 Å². The van der Waals surface area contributed by atoms with Crippen LogP contribution >= 0.6 is 15.6 Å². The third-order valence-electron chi connectivity index (χ3n) is 19.7. The van der Waals surface area contributed by atoms with E-state index in [2.05, 4.69) is 62.8 Å². The fourth-order valence-corrected chi connectivity index (χ4v) is 14.5. The molecule has 0 aromatic heterocycles. The average Bonchev–Trinajstić information content (AvgIpc) is 0.918. The molecule has 106 heavy (non-hydrogen) atoms. The van der Waals surface area contributed by atoms with Crippen molar-refractivity contribution in [3.05, 3.63) is 0 Å². The van der Waals surface area contributed by atoms with E-state index < -0.39 is 60.2 Å². The summed E-state index contributed by atoms with van der Waals surface area (Å²) in [6.07, 6.45) is 66.6. The van der Waals surface area contributed by atoms with Gasteiger partial charge in [-0.15, -0.1) is 0 Å². The number of amides is 4. The van der Waals surface area contributed by atoms with Crippen LogP contribution in [0.1, 0.15) is 414 Å². The van der Waals surface area contributed by atoms with E-state index in [1.807, 2.05) is 0 Å². The van der Waals surface area contributed by atoms with Crippen molar-refractivity contribution in [2.24, 2.45) is 0 Å². The molecule has 23 heteroatoms. The van der Waals surface area contributed by atoms with Crippen LogP contribution in [-0.4, -0.2) is 121 Å². The SMILES string of the molecule is CCCCCCCCCCCCCC(=O)NC(COCCC(CCCCCCC)OCCCCCCCCCCCC)COP(=O)([O-])OCCNC(=O)NCCOP(=O)([O-])OCC(COCCC(CCCCCCC)OCCCCCCCCCCCC)NC(=O)CCCCCCCCCCCCC.[Na+].[Na+]. The first-order chi connectivity index (χ1) is 50.7. The predicted octanol–water partition coefficient (Wildman–Crippen LogP) is 15.8.